The Balaban J connectivity index is 1.40. The van der Waals surface area contributed by atoms with E-state index in [-0.39, 0.29) is 30.7 Å². The molecule has 3 fully saturated rings. The van der Waals surface area contributed by atoms with Gasteiger partial charge in [0.2, 0.25) is 5.91 Å². The van der Waals surface area contributed by atoms with Gasteiger partial charge in [-0.15, -0.1) is 0 Å². The number of nitrogens with two attached hydrogens (primary N) is 1. The van der Waals surface area contributed by atoms with Crippen LogP contribution in [0, 0.1) is 29.3 Å². The standard InChI is InChI=1S/C21H26F5N3O2/c22-14-7-16(24)15(23)4-12(14)3-13(27)6-19(30)29-9-11-2-1-10(11)5-17(29)20(31)28-18-8-21(18,25)26/h4,7,10-11,13,17-18,20,28,31H,1-3,5-6,8-9,27H2/t10?,11?,13-,17+,18?,20?/m1/s1. The molecule has 172 valence electrons. The topological polar surface area (TPSA) is 78.6 Å². The Hall–Kier alpha value is -1.78. The Morgan fingerprint density at radius 3 is 2.45 bits per heavy atom. The molecular formula is C21H26F5N3O2. The molecule has 3 aliphatic rings. The third-order valence-corrected chi connectivity index (χ3v) is 6.84. The summed E-state index contributed by atoms with van der Waals surface area (Å²) in [6.07, 6.45) is 0.440. The third-order valence-electron chi connectivity index (χ3n) is 6.84. The van der Waals surface area contributed by atoms with Crippen molar-refractivity contribution in [1.82, 2.24) is 10.2 Å². The van der Waals surface area contributed by atoms with E-state index in [0.29, 0.717) is 30.9 Å². The maximum absolute atomic E-state index is 13.9. The van der Waals surface area contributed by atoms with Crippen molar-refractivity contribution in [2.45, 2.75) is 68.8 Å². The van der Waals surface area contributed by atoms with Gasteiger partial charge in [-0.25, -0.2) is 22.0 Å². The molecule has 4 unspecified atom stereocenters. The maximum Gasteiger partial charge on any atom is 0.265 e. The van der Waals surface area contributed by atoms with E-state index in [0.717, 1.165) is 18.9 Å². The number of nitrogens with one attached hydrogen (secondary N) is 1. The highest BCUT2D eigenvalue weighted by molar-refractivity contribution is 5.77. The zero-order valence-electron chi connectivity index (χ0n) is 16.8. The minimum absolute atomic E-state index is 0.133. The van der Waals surface area contributed by atoms with Gasteiger partial charge in [0.05, 0.1) is 12.1 Å². The van der Waals surface area contributed by atoms with Gasteiger partial charge in [-0.3, -0.25) is 10.1 Å². The summed E-state index contributed by atoms with van der Waals surface area (Å²) in [6.45, 7) is 0.403. The average Bonchev–Trinajstić information content (AvgIpc) is 3.26. The van der Waals surface area contributed by atoms with Crippen LogP contribution in [0.3, 0.4) is 0 Å². The molecule has 0 bridgehead atoms. The predicted molar refractivity (Wildman–Crippen MR) is 101 cm³/mol. The van der Waals surface area contributed by atoms with Gasteiger partial charge in [0.1, 0.15) is 12.0 Å². The van der Waals surface area contributed by atoms with Gasteiger partial charge in [-0.05, 0) is 49.1 Å². The van der Waals surface area contributed by atoms with E-state index in [1.807, 2.05) is 0 Å². The normalized spacial score (nSPS) is 30.9. The molecular weight excluding hydrogens is 421 g/mol. The highest BCUT2D eigenvalue weighted by atomic mass is 19.3. The number of carbonyl (C=O) groups is 1. The van der Waals surface area contributed by atoms with Gasteiger partial charge in [0.15, 0.2) is 11.6 Å². The number of fused-ring (bicyclic) bond motifs is 1. The quantitative estimate of drug-likeness (QED) is 0.341. The lowest BCUT2D eigenvalue weighted by Gasteiger charge is -2.51. The number of halogens is 5. The van der Waals surface area contributed by atoms with Gasteiger partial charge >= 0.3 is 0 Å². The monoisotopic (exact) mass is 447 g/mol. The number of aliphatic hydroxyl groups excluding tert-OH is 1. The number of carbonyl (C=O) groups excluding carboxylic acids is 1. The van der Waals surface area contributed by atoms with E-state index in [4.69, 9.17) is 5.73 Å². The maximum atomic E-state index is 13.9. The Bertz CT molecular complexity index is 855. The molecule has 5 nitrogen and oxygen atoms in total. The van der Waals surface area contributed by atoms with Crippen LogP contribution >= 0.6 is 0 Å². The number of nitrogens with zero attached hydrogens (tertiary/aromatic N) is 1. The smallest absolute Gasteiger partial charge is 0.265 e. The molecule has 4 N–H and O–H groups in total. The van der Waals surface area contributed by atoms with Crippen molar-refractivity contribution in [3.63, 3.8) is 0 Å². The second kappa shape index (κ2) is 8.29. The summed E-state index contributed by atoms with van der Waals surface area (Å²) in [7, 11) is 0. The number of rotatable bonds is 7. The first-order chi connectivity index (χ1) is 14.5. The van der Waals surface area contributed by atoms with Crippen molar-refractivity contribution in [3.8, 4) is 0 Å². The van der Waals surface area contributed by atoms with Crippen LogP contribution in [0.15, 0.2) is 12.1 Å². The molecule has 31 heavy (non-hydrogen) atoms. The number of piperidine rings is 1. The summed E-state index contributed by atoms with van der Waals surface area (Å²) in [6, 6.07) is -1.45. The van der Waals surface area contributed by atoms with E-state index in [1.54, 1.807) is 0 Å². The minimum atomic E-state index is -2.85. The summed E-state index contributed by atoms with van der Waals surface area (Å²) in [5.41, 5.74) is 5.85. The van der Waals surface area contributed by atoms with E-state index in [1.165, 1.54) is 4.90 Å². The third kappa shape index (κ3) is 4.70. The van der Waals surface area contributed by atoms with Crippen molar-refractivity contribution in [1.29, 1.82) is 0 Å². The number of aliphatic hydroxyl groups is 1. The molecule has 0 spiro atoms. The van der Waals surface area contributed by atoms with Crippen molar-refractivity contribution in [2.24, 2.45) is 17.6 Å². The van der Waals surface area contributed by atoms with Gasteiger partial charge in [0.25, 0.3) is 5.92 Å². The lowest BCUT2D eigenvalue weighted by Crippen LogP contribution is -2.61. The molecule has 0 radical (unpaired) electrons. The molecule has 1 aromatic rings. The molecule has 1 heterocycles. The number of benzene rings is 1. The molecule has 2 saturated carbocycles. The molecule has 1 saturated heterocycles. The number of amides is 1. The van der Waals surface area contributed by atoms with Crippen molar-refractivity contribution >= 4 is 5.91 Å². The molecule has 1 aliphatic heterocycles. The molecule has 0 aromatic heterocycles. The Kier molecular flexibility index (Phi) is 5.99. The molecule has 2 aliphatic carbocycles. The molecule has 1 amide bonds. The highest BCUT2D eigenvalue weighted by Gasteiger charge is 2.58. The van der Waals surface area contributed by atoms with Crippen LogP contribution in [0.25, 0.3) is 0 Å². The zero-order valence-corrected chi connectivity index (χ0v) is 16.8. The number of hydrogen-bond acceptors (Lipinski definition) is 4. The van der Waals surface area contributed by atoms with E-state index >= 15 is 0 Å². The van der Waals surface area contributed by atoms with Crippen LogP contribution in [0.2, 0.25) is 0 Å². The van der Waals surface area contributed by atoms with Crippen molar-refractivity contribution in [3.05, 3.63) is 35.1 Å². The fourth-order valence-electron chi connectivity index (χ4n) is 4.73. The Morgan fingerprint density at radius 1 is 1.19 bits per heavy atom. The molecule has 10 heteroatoms. The second-order valence-corrected chi connectivity index (χ2v) is 9.10. The average molecular weight is 447 g/mol. The van der Waals surface area contributed by atoms with Gasteiger partial charge in [-0.2, -0.15) is 0 Å². The SMILES string of the molecule is N[C@@H](CC(=O)N1CC2CCC2C[C@H]1C(O)NC1CC1(F)F)Cc1cc(F)c(F)cc1F. The first kappa shape index (κ1) is 22.4. The van der Waals surface area contributed by atoms with Crippen LogP contribution < -0.4 is 11.1 Å². The van der Waals surface area contributed by atoms with Gasteiger partial charge in [0, 0.05) is 31.5 Å². The van der Waals surface area contributed by atoms with Crippen LogP contribution in [-0.2, 0) is 11.2 Å². The lowest BCUT2D eigenvalue weighted by molar-refractivity contribution is -0.146. The van der Waals surface area contributed by atoms with E-state index in [2.05, 4.69) is 5.32 Å². The molecule has 1 aromatic carbocycles. The van der Waals surface area contributed by atoms with Gasteiger partial charge in [-0.1, -0.05) is 0 Å². The van der Waals surface area contributed by atoms with Crippen LogP contribution in [0.1, 0.15) is 37.7 Å². The van der Waals surface area contributed by atoms with E-state index < -0.39 is 47.7 Å². The number of alkyl halides is 2. The zero-order chi connectivity index (χ0) is 22.5. The van der Waals surface area contributed by atoms with Crippen LogP contribution in [0.5, 0.6) is 0 Å². The van der Waals surface area contributed by atoms with Crippen LogP contribution in [0.4, 0.5) is 22.0 Å². The van der Waals surface area contributed by atoms with Crippen LogP contribution in [-0.4, -0.2) is 52.7 Å². The number of hydrogen-bond donors (Lipinski definition) is 3. The second-order valence-electron chi connectivity index (χ2n) is 9.10. The predicted octanol–water partition coefficient (Wildman–Crippen LogP) is 2.31. The van der Waals surface area contributed by atoms with E-state index in [9.17, 15) is 31.9 Å². The van der Waals surface area contributed by atoms with Gasteiger partial charge < -0.3 is 15.7 Å². The summed E-state index contributed by atoms with van der Waals surface area (Å²) in [4.78, 5) is 14.4. The summed E-state index contributed by atoms with van der Waals surface area (Å²) in [5, 5.41) is 13.1. The summed E-state index contributed by atoms with van der Waals surface area (Å²) >= 11 is 0. The summed E-state index contributed by atoms with van der Waals surface area (Å²) in [5.74, 6) is -6.03. The molecule has 4 rings (SSSR count). The summed E-state index contributed by atoms with van der Waals surface area (Å²) < 4.78 is 66.9. The number of likely N-dealkylation sites (tertiary alicyclic amines) is 1. The Labute approximate surface area is 176 Å². The fraction of sp³-hybridized carbons (Fsp3) is 0.667. The van der Waals surface area contributed by atoms with Crippen molar-refractivity contribution in [2.75, 3.05) is 6.54 Å². The highest BCUT2D eigenvalue weighted by Crippen LogP contribution is 2.45. The fourth-order valence-corrected chi connectivity index (χ4v) is 4.73. The van der Waals surface area contributed by atoms with Crippen molar-refractivity contribution < 1.29 is 31.9 Å². The lowest BCUT2D eigenvalue weighted by atomic mass is 9.67. The first-order valence-electron chi connectivity index (χ1n) is 10.6. The Morgan fingerprint density at radius 2 is 1.84 bits per heavy atom. The minimum Gasteiger partial charge on any atom is -0.376 e. The largest absolute Gasteiger partial charge is 0.376 e. The first-order valence-corrected chi connectivity index (χ1v) is 10.6. The molecule has 6 atom stereocenters.